The molecular formula is C26H28ClF3N6O. The zero-order valence-electron chi connectivity index (χ0n) is 20.4. The largest absolute Gasteiger partial charge is 0.419 e. The molecule has 2 saturated heterocycles. The predicted molar refractivity (Wildman–Crippen MR) is 134 cm³/mol. The number of aromatic nitrogens is 3. The van der Waals surface area contributed by atoms with Crippen LogP contribution in [-0.2, 0) is 16.6 Å². The first-order valence-electron chi connectivity index (χ1n) is 12.2. The van der Waals surface area contributed by atoms with Crippen LogP contribution in [0.25, 0.3) is 0 Å². The summed E-state index contributed by atoms with van der Waals surface area (Å²) < 4.78 is 47.0. The lowest BCUT2D eigenvalue weighted by molar-refractivity contribution is -0.137. The van der Waals surface area contributed by atoms with Gasteiger partial charge in [0.25, 0.3) is 0 Å². The summed E-state index contributed by atoms with van der Waals surface area (Å²) in [5, 5.41) is 0.589. The van der Waals surface area contributed by atoms with E-state index < -0.39 is 17.4 Å². The molecule has 4 heterocycles. The number of halogens is 4. The second kappa shape index (κ2) is 10.5. The molecule has 0 radical (unpaired) electrons. The molecule has 2 atom stereocenters. The lowest BCUT2D eigenvalue weighted by atomic mass is 9.88. The Morgan fingerprint density at radius 3 is 2.35 bits per heavy atom. The van der Waals surface area contributed by atoms with Crippen LogP contribution in [0.2, 0.25) is 5.02 Å². The standard InChI is InChI=1S/C26H28ClF3N6O/c1-19-17-34(24-21(26(28,29)30)6-4-9-32-24)11-12-36(19)25(23-8-10-31-18-33-23,35-13-15-37-16-14-35)20-5-2-3-7-22(20)27/h2-10,18-19H,11-17H2,1H3. The number of morpholine rings is 1. The number of alkyl halides is 3. The zero-order valence-corrected chi connectivity index (χ0v) is 21.2. The van der Waals surface area contributed by atoms with E-state index in [-0.39, 0.29) is 11.9 Å². The van der Waals surface area contributed by atoms with Crippen molar-refractivity contribution in [3.8, 4) is 0 Å². The molecule has 196 valence electrons. The van der Waals surface area contributed by atoms with Crippen molar-refractivity contribution in [1.82, 2.24) is 24.8 Å². The Morgan fingerprint density at radius 1 is 0.919 bits per heavy atom. The predicted octanol–water partition coefficient (Wildman–Crippen LogP) is 4.29. The normalized spacial score (nSPS) is 21.5. The average Bonchev–Trinajstić information content (AvgIpc) is 2.91. The van der Waals surface area contributed by atoms with Gasteiger partial charge in [-0.1, -0.05) is 29.8 Å². The minimum atomic E-state index is -4.49. The fourth-order valence-electron chi connectivity index (χ4n) is 5.58. The lowest BCUT2D eigenvalue weighted by Crippen LogP contribution is -2.68. The SMILES string of the molecule is CC1CN(c2ncccc2C(F)(F)F)CCN1C(c1ccncn1)(c1ccccc1Cl)N1CCOCC1. The Kier molecular flexibility index (Phi) is 7.35. The van der Waals surface area contributed by atoms with Crippen molar-refractivity contribution in [1.29, 1.82) is 0 Å². The molecule has 0 spiro atoms. The summed E-state index contributed by atoms with van der Waals surface area (Å²) in [7, 11) is 0. The summed E-state index contributed by atoms with van der Waals surface area (Å²) in [5.74, 6) is -0.0433. The number of rotatable bonds is 5. The van der Waals surface area contributed by atoms with Crippen LogP contribution in [0.15, 0.2) is 61.2 Å². The Bertz CT molecular complexity index is 1210. The second-order valence-electron chi connectivity index (χ2n) is 9.21. The second-order valence-corrected chi connectivity index (χ2v) is 9.61. The summed E-state index contributed by atoms with van der Waals surface area (Å²) in [6.45, 7) is 5.56. The van der Waals surface area contributed by atoms with Gasteiger partial charge >= 0.3 is 6.18 Å². The van der Waals surface area contributed by atoms with E-state index in [0.717, 1.165) is 17.3 Å². The van der Waals surface area contributed by atoms with Crippen LogP contribution in [0.5, 0.6) is 0 Å². The van der Waals surface area contributed by atoms with Crippen LogP contribution in [-0.4, -0.2) is 76.7 Å². The van der Waals surface area contributed by atoms with Gasteiger partial charge in [0.2, 0.25) is 0 Å². The molecule has 0 aliphatic carbocycles. The molecule has 37 heavy (non-hydrogen) atoms. The van der Waals surface area contributed by atoms with Gasteiger partial charge in [-0.3, -0.25) is 9.80 Å². The van der Waals surface area contributed by atoms with Gasteiger partial charge < -0.3 is 9.64 Å². The van der Waals surface area contributed by atoms with E-state index in [0.29, 0.717) is 51.0 Å². The number of ether oxygens (including phenoxy) is 1. The molecular weight excluding hydrogens is 505 g/mol. The van der Waals surface area contributed by atoms with Crippen molar-refractivity contribution < 1.29 is 17.9 Å². The van der Waals surface area contributed by atoms with Gasteiger partial charge in [-0.25, -0.2) is 15.0 Å². The van der Waals surface area contributed by atoms with Crippen LogP contribution >= 0.6 is 11.6 Å². The van der Waals surface area contributed by atoms with Crippen LogP contribution in [0, 0.1) is 0 Å². The Morgan fingerprint density at radius 2 is 1.68 bits per heavy atom. The highest BCUT2D eigenvalue weighted by Crippen LogP contribution is 2.44. The molecule has 0 N–H and O–H groups in total. The molecule has 2 aliphatic heterocycles. The maximum atomic E-state index is 13.8. The van der Waals surface area contributed by atoms with E-state index in [4.69, 9.17) is 21.3 Å². The molecule has 3 aromatic rings. The maximum Gasteiger partial charge on any atom is 0.419 e. The highest BCUT2D eigenvalue weighted by atomic mass is 35.5. The van der Waals surface area contributed by atoms with Crippen molar-refractivity contribution in [3.63, 3.8) is 0 Å². The van der Waals surface area contributed by atoms with Crippen molar-refractivity contribution in [2.75, 3.05) is 50.8 Å². The number of nitrogens with zero attached hydrogens (tertiary/aromatic N) is 6. The summed E-state index contributed by atoms with van der Waals surface area (Å²) in [5.41, 5.74) is 0.0306. The Hall–Kier alpha value is -2.79. The molecule has 1 aromatic carbocycles. The summed E-state index contributed by atoms with van der Waals surface area (Å²) in [4.78, 5) is 19.3. The van der Waals surface area contributed by atoms with E-state index in [2.05, 4.69) is 19.8 Å². The molecule has 2 aromatic heterocycles. The van der Waals surface area contributed by atoms with Crippen LogP contribution in [0.4, 0.5) is 19.0 Å². The fraction of sp³-hybridized carbons (Fsp3) is 0.423. The van der Waals surface area contributed by atoms with Gasteiger partial charge in [-0.05, 0) is 31.2 Å². The number of pyridine rings is 1. The van der Waals surface area contributed by atoms with Gasteiger partial charge in [0.15, 0.2) is 0 Å². The molecule has 0 saturated carbocycles. The topological polar surface area (TPSA) is 57.6 Å². The molecule has 0 amide bonds. The van der Waals surface area contributed by atoms with E-state index >= 15 is 0 Å². The minimum absolute atomic E-state index is 0.0433. The summed E-state index contributed by atoms with van der Waals surface area (Å²) in [6.07, 6.45) is 0.148. The zero-order chi connectivity index (χ0) is 26.0. The number of hydrogen-bond donors (Lipinski definition) is 0. The van der Waals surface area contributed by atoms with Crippen LogP contribution in [0.3, 0.4) is 0 Å². The highest BCUT2D eigenvalue weighted by Gasteiger charge is 2.51. The molecule has 2 unspecified atom stereocenters. The number of piperazine rings is 1. The first-order chi connectivity index (χ1) is 17.8. The van der Waals surface area contributed by atoms with E-state index in [1.165, 1.54) is 18.6 Å². The van der Waals surface area contributed by atoms with Gasteiger partial charge in [-0.2, -0.15) is 13.2 Å². The Balaban J connectivity index is 1.61. The fourth-order valence-corrected chi connectivity index (χ4v) is 5.85. The van der Waals surface area contributed by atoms with E-state index in [1.807, 2.05) is 37.3 Å². The summed E-state index contributed by atoms with van der Waals surface area (Å²) in [6, 6.07) is 11.8. The number of benzene rings is 1. The van der Waals surface area contributed by atoms with Crippen molar-refractivity contribution in [3.05, 3.63) is 83.0 Å². The minimum Gasteiger partial charge on any atom is -0.379 e. The van der Waals surface area contributed by atoms with Gasteiger partial charge in [0.05, 0.1) is 24.5 Å². The lowest BCUT2D eigenvalue weighted by Gasteiger charge is -2.56. The first kappa shape index (κ1) is 25.8. The highest BCUT2D eigenvalue weighted by molar-refractivity contribution is 6.31. The van der Waals surface area contributed by atoms with E-state index in [9.17, 15) is 13.2 Å². The van der Waals surface area contributed by atoms with Gasteiger partial charge in [-0.15, -0.1) is 0 Å². The van der Waals surface area contributed by atoms with Crippen LogP contribution < -0.4 is 4.90 Å². The van der Waals surface area contributed by atoms with Crippen LogP contribution in [0.1, 0.15) is 23.7 Å². The molecule has 2 aliphatic rings. The molecule has 7 nitrogen and oxygen atoms in total. The number of anilines is 1. The molecule has 2 fully saturated rings. The number of hydrogen-bond acceptors (Lipinski definition) is 7. The third kappa shape index (κ3) is 4.79. The first-order valence-corrected chi connectivity index (χ1v) is 12.6. The van der Waals surface area contributed by atoms with Gasteiger partial charge in [0.1, 0.15) is 17.8 Å². The van der Waals surface area contributed by atoms with Crippen molar-refractivity contribution in [2.45, 2.75) is 24.8 Å². The summed E-state index contributed by atoms with van der Waals surface area (Å²) >= 11 is 6.87. The van der Waals surface area contributed by atoms with Crippen molar-refractivity contribution >= 4 is 17.4 Å². The monoisotopic (exact) mass is 532 g/mol. The van der Waals surface area contributed by atoms with Gasteiger partial charge in [0, 0.05) is 61.7 Å². The Labute approximate surface area is 218 Å². The average molecular weight is 533 g/mol. The third-order valence-electron chi connectivity index (χ3n) is 7.09. The van der Waals surface area contributed by atoms with E-state index in [1.54, 1.807) is 11.1 Å². The smallest absolute Gasteiger partial charge is 0.379 e. The molecule has 5 rings (SSSR count). The maximum absolute atomic E-state index is 13.8. The third-order valence-corrected chi connectivity index (χ3v) is 7.42. The molecule has 0 bridgehead atoms. The quantitative estimate of drug-likeness (QED) is 0.486. The molecule has 11 heteroatoms. The van der Waals surface area contributed by atoms with Crippen molar-refractivity contribution in [2.24, 2.45) is 0 Å².